The smallest absolute Gasteiger partial charge is 0.227 e. The zero-order chi connectivity index (χ0) is 13.2. The van der Waals surface area contributed by atoms with Gasteiger partial charge in [0.1, 0.15) is 0 Å². The van der Waals surface area contributed by atoms with Crippen LogP contribution >= 0.6 is 0 Å². The third kappa shape index (κ3) is 3.23. The van der Waals surface area contributed by atoms with E-state index >= 15 is 0 Å². The molecule has 0 aliphatic carbocycles. The highest BCUT2D eigenvalue weighted by molar-refractivity contribution is 7.91. The van der Waals surface area contributed by atoms with Gasteiger partial charge in [-0.3, -0.25) is 4.79 Å². The van der Waals surface area contributed by atoms with E-state index in [1.807, 2.05) is 4.90 Å². The minimum atomic E-state index is -2.95. The molecule has 0 radical (unpaired) electrons. The Morgan fingerprint density at radius 2 is 2.00 bits per heavy atom. The summed E-state index contributed by atoms with van der Waals surface area (Å²) in [6.07, 6.45) is 1.69. The molecular weight excluding hydrogens is 252 g/mol. The van der Waals surface area contributed by atoms with E-state index < -0.39 is 9.84 Å². The van der Waals surface area contributed by atoms with Gasteiger partial charge in [-0.15, -0.1) is 0 Å². The molecule has 104 valence electrons. The lowest BCUT2D eigenvalue weighted by molar-refractivity contribution is -0.904. The quantitative estimate of drug-likeness (QED) is 0.686. The van der Waals surface area contributed by atoms with Crippen molar-refractivity contribution in [3.05, 3.63) is 0 Å². The van der Waals surface area contributed by atoms with Crippen LogP contribution in [0.25, 0.3) is 0 Å². The number of nitrogens with one attached hydrogen (secondary N) is 1. The first-order chi connectivity index (χ1) is 8.52. The third-order valence-corrected chi connectivity index (χ3v) is 5.74. The molecule has 18 heavy (non-hydrogen) atoms. The molecule has 0 spiro atoms. The molecule has 1 N–H and O–H groups in total. The van der Waals surface area contributed by atoms with Crippen LogP contribution in [-0.4, -0.2) is 63.5 Å². The summed E-state index contributed by atoms with van der Waals surface area (Å²) in [5, 5.41) is 0. The van der Waals surface area contributed by atoms with Gasteiger partial charge in [-0.05, 0) is 12.8 Å². The lowest BCUT2D eigenvalue weighted by Gasteiger charge is -2.33. The highest BCUT2D eigenvalue weighted by Crippen LogP contribution is 2.20. The van der Waals surface area contributed by atoms with E-state index in [-0.39, 0.29) is 23.3 Å². The SMILES string of the molecule is CCC[NH+]1CCN(C(=O)[C@@H]2CCS(=O)(=O)C2)CC1. The van der Waals surface area contributed by atoms with Crippen LogP contribution in [-0.2, 0) is 14.6 Å². The van der Waals surface area contributed by atoms with Gasteiger partial charge in [0.2, 0.25) is 5.91 Å². The lowest BCUT2D eigenvalue weighted by Crippen LogP contribution is -3.14. The molecule has 2 rings (SSSR count). The zero-order valence-corrected chi connectivity index (χ0v) is 11.8. The Labute approximate surface area is 109 Å². The second-order valence-electron chi connectivity index (χ2n) is 5.43. The number of sulfone groups is 1. The molecule has 2 aliphatic heterocycles. The van der Waals surface area contributed by atoms with Crippen LogP contribution in [0.2, 0.25) is 0 Å². The Hall–Kier alpha value is -0.620. The number of piperazine rings is 1. The van der Waals surface area contributed by atoms with E-state index in [0.29, 0.717) is 6.42 Å². The van der Waals surface area contributed by atoms with Crippen LogP contribution in [0.5, 0.6) is 0 Å². The van der Waals surface area contributed by atoms with Crippen LogP contribution in [0.1, 0.15) is 19.8 Å². The van der Waals surface area contributed by atoms with Crippen molar-refractivity contribution in [1.29, 1.82) is 0 Å². The summed E-state index contributed by atoms with van der Waals surface area (Å²) in [6, 6.07) is 0. The largest absolute Gasteiger partial charge is 0.332 e. The standard InChI is InChI=1S/C12H22N2O3S/c1-2-4-13-5-7-14(8-6-13)12(15)11-3-9-18(16,17)10-11/h11H,2-10H2,1H3/p+1/t11-/m1/s1. The number of rotatable bonds is 3. The first-order valence-electron chi connectivity index (χ1n) is 6.84. The van der Waals surface area contributed by atoms with Crippen molar-refractivity contribution in [3.8, 4) is 0 Å². The fourth-order valence-electron chi connectivity index (χ4n) is 2.89. The minimum absolute atomic E-state index is 0.0617. The normalized spacial score (nSPS) is 28.5. The molecule has 0 aromatic carbocycles. The molecule has 2 heterocycles. The number of quaternary nitrogens is 1. The van der Waals surface area contributed by atoms with Crippen molar-refractivity contribution in [3.63, 3.8) is 0 Å². The fraction of sp³-hybridized carbons (Fsp3) is 0.917. The summed E-state index contributed by atoms with van der Waals surface area (Å²) in [4.78, 5) is 15.6. The first-order valence-corrected chi connectivity index (χ1v) is 8.67. The number of amides is 1. The van der Waals surface area contributed by atoms with Crippen molar-refractivity contribution in [2.75, 3.05) is 44.2 Å². The van der Waals surface area contributed by atoms with Gasteiger partial charge in [-0.2, -0.15) is 0 Å². The maximum atomic E-state index is 12.2. The van der Waals surface area contributed by atoms with E-state index in [2.05, 4.69) is 6.92 Å². The number of carbonyl (C=O) groups is 1. The van der Waals surface area contributed by atoms with Crippen LogP contribution in [0.15, 0.2) is 0 Å². The molecule has 0 bridgehead atoms. The second-order valence-corrected chi connectivity index (χ2v) is 7.65. The molecule has 2 aliphatic rings. The molecular formula is C12H23N2O3S+. The molecule has 0 aromatic heterocycles. The fourth-order valence-corrected chi connectivity index (χ4v) is 4.63. The molecule has 6 heteroatoms. The summed E-state index contributed by atoms with van der Waals surface area (Å²) in [7, 11) is -2.95. The predicted molar refractivity (Wildman–Crippen MR) is 69.2 cm³/mol. The van der Waals surface area contributed by atoms with Crippen molar-refractivity contribution in [1.82, 2.24) is 4.90 Å². The summed E-state index contributed by atoms with van der Waals surface area (Å²) in [5.74, 6) is 0.0348. The Morgan fingerprint density at radius 1 is 1.33 bits per heavy atom. The van der Waals surface area contributed by atoms with E-state index in [0.717, 1.165) is 26.2 Å². The van der Waals surface area contributed by atoms with Crippen molar-refractivity contribution < 1.29 is 18.1 Å². The first kappa shape index (κ1) is 13.8. The highest BCUT2D eigenvalue weighted by atomic mass is 32.2. The van der Waals surface area contributed by atoms with Gasteiger partial charge in [0.25, 0.3) is 0 Å². The Bertz CT molecular complexity index is 400. The molecule has 2 saturated heterocycles. The third-order valence-electron chi connectivity index (χ3n) is 3.97. The molecule has 0 unspecified atom stereocenters. The van der Waals surface area contributed by atoms with Crippen molar-refractivity contribution in [2.45, 2.75) is 19.8 Å². The number of hydrogen-bond acceptors (Lipinski definition) is 3. The maximum Gasteiger partial charge on any atom is 0.227 e. The van der Waals surface area contributed by atoms with E-state index in [9.17, 15) is 13.2 Å². The maximum absolute atomic E-state index is 12.2. The summed E-state index contributed by atoms with van der Waals surface area (Å²) < 4.78 is 22.8. The van der Waals surface area contributed by atoms with Crippen molar-refractivity contribution in [2.24, 2.45) is 5.92 Å². The highest BCUT2D eigenvalue weighted by Gasteiger charge is 2.36. The van der Waals surface area contributed by atoms with Crippen LogP contribution in [0.4, 0.5) is 0 Å². The average molecular weight is 275 g/mol. The van der Waals surface area contributed by atoms with Gasteiger partial charge in [0.15, 0.2) is 9.84 Å². The van der Waals surface area contributed by atoms with Crippen LogP contribution < -0.4 is 4.90 Å². The van der Waals surface area contributed by atoms with Gasteiger partial charge in [-0.25, -0.2) is 8.42 Å². The van der Waals surface area contributed by atoms with Gasteiger partial charge >= 0.3 is 0 Å². The van der Waals surface area contributed by atoms with Gasteiger partial charge in [0.05, 0.1) is 50.1 Å². The predicted octanol–water partition coefficient (Wildman–Crippen LogP) is -1.44. The molecule has 5 nitrogen and oxygen atoms in total. The van der Waals surface area contributed by atoms with Crippen molar-refractivity contribution >= 4 is 15.7 Å². The Balaban J connectivity index is 1.85. The molecule has 1 atom stereocenters. The van der Waals surface area contributed by atoms with Gasteiger partial charge < -0.3 is 9.80 Å². The monoisotopic (exact) mass is 275 g/mol. The zero-order valence-electron chi connectivity index (χ0n) is 11.0. The average Bonchev–Trinajstić information content (AvgIpc) is 2.70. The molecule has 2 fully saturated rings. The second kappa shape index (κ2) is 5.57. The number of hydrogen-bond donors (Lipinski definition) is 1. The summed E-state index contributed by atoms with van der Waals surface area (Å²) in [5.41, 5.74) is 0. The van der Waals surface area contributed by atoms with Crippen LogP contribution in [0, 0.1) is 5.92 Å². The summed E-state index contributed by atoms with van der Waals surface area (Å²) >= 11 is 0. The summed E-state index contributed by atoms with van der Waals surface area (Å²) in [6.45, 7) is 6.90. The minimum Gasteiger partial charge on any atom is -0.332 e. The molecule has 0 aromatic rings. The van der Waals surface area contributed by atoms with Gasteiger partial charge in [0, 0.05) is 0 Å². The van der Waals surface area contributed by atoms with Gasteiger partial charge in [-0.1, -0.05) is 6.92 Å². The number of nitrogens with zero attached hydrogens (tertiary/aromatic N) is 1. The Kier molecular flexibility index (Phi) is 4.27. The van der Waals surface area contributed by atoms with E-state index in [1.165, 1.54) is 13.0 Å². The number of carbonyl (C=O) groups excluding carboxylic acids is 1. The van der Waals surface area contributed by atoms with E-state index in [4.69, 9.17) is 0 Å². The Morgan fingerprint density at radius 3 is 2.50 bits per heavy atom. The lowest BCUT2D eigenvalue weighted by atomic mass is 10.1. The topological polar surface area (TPSA) is 58.9 Å². The van der Waals surface area contributed by atoms with E-state index in [1.54, 1.807) is 4.90 Å². The molecule has 0 saturated carbocycles. The molecule has 1 amide bonds. The van der Waals surface area contributed by atoms with Crippen LogP contribution in [0.3, 0.4) is 0 Å².